The number of carbonyl (C=O) groups is 1. The molecular weight excluding hydrogens is 440 g/mol. The highest BCUT2D eigenvalue weighted by molar-refractivity contribution is 9.10. The maximum Gasteiger partial charge on any atom is 0.230 e. The lowest BCUT2D eigenvalue weighted by Crippen LogP contribution is -2.44. The van der Waals surface area contributed by atoms with E-state index in [0.717, 1.165) is 41.4 Å². The molecule has 1 fully saturated rings. The minimum absolute atomic E-state index is 0.0414. The van der Waals surface area contributed by atoms with Crippen molar-refractivity contribution in [2.24, 2.45) is 0 Å². The summed E-state index contributed by atoms with van der Waals surface area (Å²) in [5.74, 6) is 1.28. The van der Waals surface area contributed by atoms with E-state index in [0.29, 0.717) is 12.3 Å². The van der Waals surface area contributed by atoms with Crippen LogP contribution in [0.4, 0.5) is 0 Å². The Labute approximate surface area is 178 Å². The zero-order valence-electron chi connectivity index (χ0n) is 15.9. The van der Waals surface area contributed by atoms with Gasteiger partial charge in [-0.25, -0.2) is 0 Å². The largest absolute Gasteiger partial charge is 0.497 e. The van der Waals surface area contributed by atoms with Gasteiger partial charge in [0.25, 0.3) is 0 Å². The molecule has 7 heteroatoms. The Kier molecular flexibility index (Phi) is 8.21. The number of nitrogens with one attached hydrogen (secondary N) is 1. The van der Waals surface area contributed by atoms with Crippen LogP contribution < -0.4 is 10.1 Å². The molecule has 150 valence electrons. The molecule has 1 aliphatic heterocycles. The fourth-order valence-electron chi connectivity index (χ4n) is 3.11. The second kappa shape index (κ2) is 10.9. The molecule has 0 aliphatic carbocycles. The SMILES string of the molecule is COc1ccc([C@H](CNC(=O)CSc2ccc(Br)cc2)N2CCOCC2)cc1. The first kappa shape index (κ1) is 21.2. The minimum atomic E-state index is 0.0414. The Bertz CT molecular complexity index is 749. The van der Waals surface area contributed by atoms with Gasteiger partial charge in [0.1, 0.15) is 5.75 Å². The molecule has 2 aromatic rings. The number of hydrogen-bond donors (Lipinski definition) is 1. The van der Waals surface area contributed by atoms with Crippen LogP contribution in [-0.2, 0) is 9.53 Å². The first-order chi connectivity index (χ1) is 13.7. The molecule has 1 heterocycles. The third kappa shape index (κ3) is 6.24. The molecule has 0 spiro atoms. The molecule has 1 N–H and O–H groups in total. The molecule has 1 atom stereocenters. The average molecular weight is 465 g/mol. The Hall–Kier alpha value is -1.54. The molecule has 0 unspecified atom stereocenters. The van der Waals surface area contributed by atoms with Gasteiger partial charge in [-0.15, -0.1) is 11.8 Å². The van der Waals surface area contributed by atoms with Gasteiger partial charge < -0.3 is 14.8 Å². The van der Waals surface area contributed by atoms with E-state index in [-0.39, 0.29) is 11.9 Å². The lowest BCUT2D eigenvalue weighted by atomic mass is 10.0. The Morgan fingerprint density at radius 1 is 1.18 bits per heavy atom. The van der Waals surface area contributed by atoms with Crippen molar-refractivity contribution in [3.05, 3.63) is 58.6 Å². The van der Waals surface area contributed by atoms with Gasteiger partial charge in [0.05, 0.1) is 32.1 Å². The summed E-state index contributed by atoms with van der Waals surface area (Å²) in [6.07, 6.45) is 0. The van der Waals surface area contributed by atoms with Gasteiger partial charge in [0, 0.05) is 29.0 Å². The Balaban J connectivity index is 1.58. The van der Waals surface area contributed by atoms with Crippen LogP contribution in [0.5, 0.6) is 5.75 Å². The first-order valence-corrected chi connectivity index (χ1v) is 11.0. The van der Waals surface area contributed by atoms with Gasteiger partial charge >= 0.3 is 0 Å². The zero-order chi connectivity index (χ0) is 19.8. The number of methoxy groups -OCH3 is 1. The molecule has 28 heavy (non-hydrogen) atoms. The lowest BCUT2D eigenvalue weighted by Gasteiger charge is -2.35. The number of halogens is 1. The number of morpholine rings is 1. The maximum absolute atomic E-state index is 12.4. The summed E-state index contributed by atoms with van der Waals surface area (Å²) < 4.78 is 11.8. The van der Waals surface area contributed by atoms with Gasteiger partial charge in [0.2, 0.25) is 5.91 Å². The topological polar surface area (TPSA) is 50.8 Å². The number of nitrogens with zero attached hydrogens (tertiary/aromatic N) is 1. The summed E-state index contributed by atoms with van der Waals surface area (Å²) >= 11 is 4.97. The van der Waals surface area contributed by atoms with E-state index in [1.807, 2.05) is 36.4 Å². The van der Waals surface area contributed by atoms with Crippen LogP contribution in [0.25, 0.3) is 0 Å². The number of carbonyl (C=O) groups excluding carboxylic acids is 1. The second-order valence-corrected chi connectivity index (χ2v) is 8.45. The van der Waals surface area contributed by atoms with Crippen molar-refractivity contribution < 1.29 is 14.3 Å². The van der Waals surface area contributed by atoms with Crippen molar-refractivity contribution in [3.8, 4) is 5.75 Å². The first-order valence-electron chi connectivity index (χ1n) is 9.26. The Morgan fingerprint density at radius 3 is 2.50 bits per heavy atom. The van der Waals surface area contributed by atoms with Crippen LogP contribution in [0.1, 0.15) is 11.6 Å². The molecule has 0 bridgehead atoms. The highest BCUT2D eigenvalue weighted by Crippen LogP contribution is 2.24. The number of thioether (sulfide) groups is 1. The molecule has 5 nitrogen and oxygen atoms in total. The van der Waals surface area contributed by atoms with Crippen LogP contribution in [0.2, 0.25) is 0 Å². The molecule has 0 radical (unpaired) electrons. The second-order valence-electron chi connectivity index (χ2n) is 6.48. The van der Waals surface area contributed by atoms with Gasteiger partial charge in [-0.05, 0) is 42.0 Å². The summed E-state index contributed by atoms with van der Waals surface area (Å²) in [6, 6.07) is 16.2. The van der Waals surface area contributed by atoms with E-state index in [2.05, 4.69) is 38.3 Å². The van der Waals surface area contributed by atoms with E-state index >= 15 is 0 Å². The van der Waals surface area contributed by atoms with Crippen molar-refractivity contribution in [1.29, 1.82) is 0 Å². The minimum Gasteiger partial charge on any atom is -0.497 e. The highest BCUT2D eigenvalue weighted by atomic mass is 79.9. The predicted molar refractivity (Wildman–Crippen MR) is 116 cm³/mol. The quantitative estimate of drug-likeness (QED) is 0.602. The van der Waals surface area contributed by atoms with Crippen molar-refractivity contribution in [3.63, 3.8) is 0 Å². The Morgan fingerprint density at radius 2 is 1.86 bits per heavy atom. The van der Waals surface area contributed by atoms with Crippen molar-refractivity contribution in [2.45, 2.75) is 10.9 Å². The molecule has 0 saturated carbocycles. The molecule has 0 aromatic heterocycles. The van der Waals surface area contributed by atoms with Crippen LogP contribution in [-0.4, -0.2) is 56.5 Å². The van der Waals surface area contributed by atoms with E-state index in [1.165, 1.54) is 5.56 Å². The number of amides is 1. The lowest BCUT2D eigenvalue weighted by molar-refractivity contribution is -0.118. The van der Waals surface area contributed by atoms with E-state index in [1.54, 1.807) is 18.9 Å². The summed E-state index contributed by atoms with van der Waals surface area (Å²) in [6.45, 7) is 3.74. The highest BCUT2D eigenvalue weighted by Gasteiger charge is 2.23. The molecule has 1 amide bonds. The van der Waals surface area contributed by atoms with E-state index < -0.39 is 0 Å². The molecule has 1 saturated heterocycles. The number of hydrogen-bond acceptors (Lipinski definition) is 5. The third-order valence-electron chi connectivity index (χ3n) is 4.66. The monoisotopic (exact) mass is 464 g/mol. The molecular formula is C21H25BrN2O3S. The van der Waals surface area contributed by atoms with Gasteiger partial charge in [-0.3, -0.25) is 9.69 Å². The smallest absolute Gasteiger partial charge is 0.230 e. The van der Waals surface area contributed by atoms with Crippen LogP contribution in [0.3, 0.4) is 0 Å². The fourth-order valence-corrected chi connectivity index (χ4v) is 4.11. The summed E-state index contributed by atoms with van der Waals surface area (Å²) in [5, 5.41) is 3.11. The number of rotatable bonds is 8. The maximum atomic E-state index is 12.4. The third-order valence-corrected chi connectivity index (χ3v) is 6.20. The van der Waals surface area contributed by atoms with Crippen molar-refractivity contribution in [2.75, 3.05) is 45.7 Å². The van der Waals surface area contributed by atoms with Crippen LogP contribution >= 0.6 is 27.7 Å². The normalized spacial score (nSPS) is 15.8. The van der Waals surface area contributed by atoms with Gasteiger partial charge in [-0.1, -0.05) is 28.1 Å². The molecule has 1 aliphatic rings. The average Bonchev–Trinajstić information content (AvgIpc) is 2.74. The summed E-state index contributed by atoms with van der Waals surface area (Å²) in [7, 11) is 1.66. The van der Waals surface area contributed by atoms with Crippen LogP contribution in [0, 0.1) is 0 Å². The van der Waals surface area contributed by atoms with Crippen molar-refractivity contribution >= 4 is 33.6 Å². The number of ether oxygens (including phenoxy) is 2. The van der Waals surface area contributed by atoms with Gasteiger partial charge in [0.15, 0.2) is 0 Å². The van der Waals surface area contributed by atoms with Crippen molar-refractivity contribution in [1.82, 2.24) is 10.2 Å². The summed E-state index contributed by atoms with van der Waals surface area (Å²) in [5.41, 5.74) is 1.17. The molecule has 3 rings (SSSR count). The van der Waals surface area contributed by atoms with E-state index in [4.69, 9.17) is 9.47 Å². The standard InChI is InChI=1S/C21H25BrN2O3S/c1-26-18-6-2-16(3-7-18)20(24-10-12-27-13-11-24)14-23-21(25)15-28-19-8-4-17(22)5-9-19/h2-9,20H,10-15H2,1H3,(H,23,25)/t20-/m0/s1. The molecule has 2 aromatic carbocycles. The fraction of sp³-hybridized carbons (Fsp3) is 0.381. The van der Waals surface area contributed by atoms with E-state index in [9.17, 15) is 4.79 Å². The zero-order valence-corrected chi connectivity index (χ0v) is 18.3. The predicted octanol–water partition coefficient (Wildman–Crippen LogP) is 3.74. The summed E-state index contributed by atoms with van der Waals surface area (Å²) in [4.78, 5) is 15.8. The van der Waals surface area contributed by atoms with Crippen LogP contribution in [0.15, 0.2) is 57.9 Å². The van der Waals surface area contributed by atoms with Gasteiger partial charge in [-0.2, -0.15) is 0 Å². The number of benzene rings is 2.